The van der Waals surface area contributed by atoms with Gasteiger partial charge in [0.2, 0.25) is 0 Å². The van der Waals surface area contributed by atoms with Gasteiger partial charge < -0.3 is 15.0 Å². The van der Waals surface area contributed by atoms with E-state index in [2.05, 4.69) is 17.2 Å². The summed E-state index contributed by atoms with van der Waals surface area (Å²) >= 11 is 0. The van der Waals surface area contributed by atoms with Gasteiger partial charge in [-0.25, -0.2) is 0 Å². The van der Waals surface area contributed by atoms with E-state index in [0.29, 0.717) is 11.6 Å². The van der Waals surface area contributed by atoms with Crippen LogP contribution in [0, 0.1) is 0 Å². The lowest BCUT2D eigenvalue weighted by molar-refractivity contribution is -0.115. The summed E-state index contributed by atoms with van der Waals surface area (Å²) in [7, 11) is 0. The summed E-state index contributed by atoms with van der Waals surface area (Å²) < 4.78 is 6.13. The third-order valence-corrected chi connectivity index (χ3v) is 4.86. The summed E-state index contributed by atoms with van der Waals surface area (Å²) in [6.07, 6.45) is 7.36. The van der Waals surface area contributed by atoms with Crippen molar-refractivity contribution in [2.75, 3.05) is 26.2 Å². The topological polar surface area (TPSA) is 54.5 Å². The van der Waals surface area contributed by atoms with Crippen LogP contribution in [0.5, 0.6) is 0 Å². The van der Waals surface area contributed by atoms with Crippen LogP contribution in [0.25, 0.3) is 0 Å². The number of hydrogen-bond donors (Lipinski definition) is 1. The average Bonchev–Trinajstić information content (AvgIpc) is 2.56. The van der Waals surface area contributed by atoms with Gasteiger partial charge in [-0.05, 0) is 44.4 Å². The van der Waals surface area contributed by atoms with Crippen LogP contribution in [0.15, 0.2) is 24.5 Å². The normalized spacial score (nSPS) is 24.4. The van der Waals surface area contributed by atoms with E-state index in [1.807, 2.05) is 17.0 Å². The molecular formula is C17H25N3O2. The third kappa shape index (κ3) is 3.31. The van der Waals surface area contributed by atoms with E-state index in [4.69, 9.17) is 4.74 Å². The number of piperidine rings is 1. The fraction of sp³-hybridized carbons (Fsp3) is 0.647. The predicted molar refractivity (Wildman–Crippen MR) is 84.8 cm³/mol. The van der Waals surface area contributed by atoms with Crippen molar-refractivity contribution in [3.63, 3.8) is 0 Å². The Kier molecular flexibility index (Phi) is 4.74. The highest BCUT2D eigenvalue weighted by Crippen LogP contribution is 2.35. The van der Waals surface area contributed by atoms with Crippen molar-refractivity contribution in [1.82, 2.24) is 15.2 Å². The summed E-state index contributed by atoms with van der Waals surface area (Å²) in [5.74, 6) is 0.0852. The Bertz CT molecular complexity index is 496. The number of ether oxygens (including phenoxy) is 1. The number of aromatic nitrogens is 1. The second-order valence-corrected chi connectivity index (χ2v) is 6.31. The summed E-state index contributed by atoms with van der Waals surface area (Å²) in [6, 6.07) is 4.20. The number of hydrogen-bond acceptors (Lipinski definition) is 4. The molecule has 0 aliphatic carbocycles. The molecule has 22 heavy (non-hydrogen) atoms. The first-order valence-electron chi connectivity index (χ1n) is 8.29. The minimum absolute atomic E-state index is 0.0309. The first kappa shape index (κ1) is 15.4. The van der Waals surface area contributed by atoms with Gasteiger partial charge in [0, 0.05) is 38.1 Å². The van der Waals surface area contributed by atoms with Crippen LogP contribution < -0.4 is 5.32 Å². The van der Waals surface area contributed by atoms with Gasteiger partial charge in [-0.2, -0.15) is 0 Å². The number of nitrogens with one attached hydrogen (secondary N) is 1. The van der Waals surface area contributed by atoms with Crippen LogP contribution in [0.3, 0.4) is 0 Å². The molecule has 2 fully saturated rings. The second kappa shape index (κ2) is 6.75. The molecule has 1 amide bonds. The zero-order valence-electron chi connectivity index (χ0n) is 13.3. The smallest absolute Gasteiger partial charge is 0.255 e. The van der Waals surface area contributed by atoms with Gasteiger partial charge in [-0.3, -0.25) is 9.78 Å². The van der Waals surface area contributed by atoms with Crippen LogP contribution >= 0.6 is 0 Å². The van der Waals surface area contributed by atoms with E-state index in [0.717, 1.165) is 51.9 Å². The van der Waals surface area contributed by atoms with Crippen LogP contribution in [-0.2, 0) is 4.74 Å². The minimum atomic E-state index is -0.0309. The van der Waals surface area contributed by atoms with Crippen LogP contribution in [0.4, 0.5) is 0 Å². The van der Waals surface area contributed by atoms with Gasteiger partial charge in [0.1, 0.15) is 0 Å². The number of rotatable bonds is 3. The molecule has 2 aliphatic heterocycles. The van der Waals surface area contributed by atoms with E-state index < -0.39 is 0 Å². The Morgan fingerprint density at radius 1 is 1.50 bits per heavy atom. The Labute approximate surface area is 132 Å². The summed E-state index contributed by atoms with van der Waals surface area (Å²) in [5.41, 5.74) is 0.644. The zero-order valence-corrected chi connectivity index (χ0v) is 13.3. The van der Waals surface area contributed by atoms with Crippen LogP contribution in [-0.4, -0.2) is 53.7 Å². The molecule has 3 rings (SSSR count). The molecule has 1 aromatic rings. The highest BCUT2D eigenvalue weighted by molar-refractivity contribution is 5.93. The molecule has 3 heterocycles. The standard InChI is InChI=1S/C17H25N3O2/c1-2-19-15-5-11-22-17(12-15)6-9-20(10-7-17)16(21)14-4-3-8-18-13-14/h3-4,8,13,15,19H,2,5-7,9-12H2,1H3/t15-/m1/s1. The van der Waals surface area contributed by atoms with Crippen LogP contribution in [0.2, 0.25) is 0 Å². The lowest BCUT2D eigenvalue weighted by atomic mass is 9.82. The van der Waals surface area contributed by atoms with E-state index in [1.165, 1.54) is 0 Å². The maximum Gasteiger partial charge on any atom is 0.255 e. The van der Waals surface area contributed by atoms with Gasteiger partial charge in [-0.15, -0.1) is 0 Å². The number of carbonyl (C=O) groups is 1. The molecule has 0 aromatic carbocycles. The van der Waals surface area contributed by atoms with Crippen LogP contribution in [0.1, 0.15) is 43.0 Å². The number of pyridine rings is 1. The Balaban J connectivity index is 1.59. The third-order valence-electron chi connectivity index (χ3n) is 4.86. The molecule has 1 aromatic heterocycles. The zero-order chi connectivity index (χ0) is 15.4. The first-order chi connectivity index (χ1) is 10.7. The maximum absolute atomic E-state index is 12.5. The Morgan fingerprint density at radius 2 is 2.32 bits per heavy atom. The van der Waals surface area contributed by atoms with Crippen molar-refractivity contribution in [1.29, 1.82) is 0 Å². The molecule has 2 saturated heterocycles. The molecule has 1 spiro atoms. The number of likely N-dealkylation sites (tertiary alicyclic amines) is 1. The van der Waals surface area contributed by atoms with Gasteiger partial charge in [-0.1, -0.05) is 6.92 Å². The second-order valence-electron chi connectivity index (χ2n) is 6.31. The molecule has 0 radical (unpaired) electrons. The summed E-state index contributed by atoms with van der Waals surface area (Å²) in [5, 5.41) is 3.55. The maximum atomic E-state index is 12.5. The van der Waals surface area contributed by atoms with Crippen molar-refractivity contribution in [2.24, 2.45) is 0 Å². The summed E-state index contributed by atoms with van der Waals surface area (Å²) in [6.45, 7) is 5.52. The van der Waals surface area contributed by atoms with E-state index in [-0.39, 0.29) is 11.5 Å². The summed E-state index contributed by atoms with van der Waals surface area (Å²) in [4.78, 5) is 18.4. The van der Waals surface area contributed by atoms with Gasteiger partial charge in [0.15, 0.2) is 0 Å². The Hall–Kier alpha value is -1.46. The molecular weight excluding hydrogens is 278 g/mol. The van der Waals surface area contributed by atoms with E-state index in [1.54, 1.807) is 12.4 Å². The lowest BCUT2D eigenvalue weighted by Gasteiger charge is -2.46. The fourth-order valence-electron chi connectivity index (χ4n) is 3.63. The molecule has 120 valence electrons. The Morgan fingerprint density at radius 3 is 3.00 bits per heavy atom. The predicted octanol–water partition coefficient (Wildman–Crippen LogP) is 1.84. The number of nitrogens with zero attached hydrogens (tertiary/aromatic N) is 2. The number of carbonyl (C=O) groups excluding carboxylic acids is 1. The van der Waals surface area contributed by atoms with Crippen molar-refractivity contribution in [2.45, 2.75) is 44.2 Å². The van der Waals surface area contributed by atoms with Crippen molar-refractivity contribution < 1.29 is 9.53 Å². The van der Waals surface area contributed by atoms with Crippen molar-refractivity contribution in [3.8, 4) is 0 Å². The average molecular weight is 303 g/mol. The van der Waals surface area contributed by atoms with Crippen molar-refractivity contribution >= 4 is 5.91 Å². The quantitative estimate of drug-likeness (QED) is 0.926. The van der Waals surface area contributed by atoms with E-state index >= 15 is 0 Å². The molecule has 5 nitrogen and oxygen atoms in total. The molecule has 0 saturated carbocycles. The monoisotopic (exact) mass is 303 g/mol. The largest absolute Gasteiger partial charge is 0.375 e. The molecule has 5 heteroatoms. The van der Waals surface area contributed by atoms with Gasteiger partial charge in [0.25, 0.3) is 5.91 Å². The molecule has 1 atom stereocenters. The highest BCUT2D eigenvalue weighted by atomic mass is 16.5. The van der Waals surface area contributed by atoms with Gasteiger partial charge >= 0.3 is 0 Å². The van der Waals surface area contributed by atoms with E-state index in [9.17, 15) is 4.79 Å². The molecule has 1 N–H and O–H groups in total. The first-order valence-corrected chi connectivity index (χ1v) is 8.29. The lowest BCUT2D eigenvalue weighted by Crippen LogP contribution is -2.53. The van der Waals surface area contributed by atoms with Crippen molar-refractivity contribution in [3.05, 3.63) is 30.1 Å². The minimum Gasteiger partial charge on any atom is -0.375 e. The molecule has 0 bridgehead atoms. The van der Waals surface area contributed by atoms with Gasteiger partial charge in [0.05, 0.1) is 11.2 Å². The molecule has 0 unspecified atom stereocenters. The molecule has 2 aliphatic rings. The SMILES string of the molecule is CCN[C@@H]1CCOC2(CCN(C(=O)c3cccnc3)CC2)C1. The number of amides is 1. The highest BCUT2D eigenvalue weighted by Gasteiger charge is 2.41. The fourth-order valence-corrected chi connectivity index (χ4v) is 3.63.